The van der Waals surface area contributed by atoms with Crippen molar-refractivity contribution in [3.05, 3.63) is 16.9 Å². The van der Waals surface area contributed by atoms with E-state index in [2.05, 4.69) is 28.9 Å². The average Bonchev–Trinajstić information content (AvgIpc) is 2.82. The van der Waals surface area contributed by atoms with Gasteiger partial charge in [-0.15, -0.1) is 0 Å². The number of aromatic nitrogens is 2. The lowest BCUT2D eigenvalue weighted by Crippen LogP contribution is -2.32. The van der Waals surface area contributed by atoms with Crippen molar-refractivity contribution in [2.24, 2.45) is 5.92 Å². The summed E-state index contributed by atoms with van der Waals surface area (Å²) >= 11 is 6.47. The van der Waals surface area contributed by atoms with Crippen molar-refractivity contribution >= 4 is 11.6 Å². The molecule has 1 saturated carbocycles. The van der Waals surface area contributed by atoms with Crippen molar-refractivity contribution in [2.75, 3.05) is 6.54 Å². The van der Waals surface area contributed by atoms with Gasteiger partial charge in [0.05, 0.1) is 23.0 Å². The Kier molecular flexibility index (Phi) is 7.05. The largest absolute Gasteiger partial charge is 0.308 e. The molecule has 1 aliphatic carbocycles. The molecule has 1 atom stereocenters. The van der Waals surface area contributed by atoms with E-state index in [1.54, 1.807) is 0 Å². The van der Waals surface area contributed by atoms with Gasteiger partial charge in [0.25, 0.3) is 0 Å². The minimum absolute atomic E-state index is 0.359. The van der Waals surface area contributed by atoms with Crippen LogP contribution >= 0.6 is 11.6 Å². The van der Waals surface area contributed by atoms with E-state index < -0.39 is 0 Å². The first kappa shape index (κ1) is 16.8. The summed E-state index contributed by atoms with van der Waals surface area (Å²) in [6.07, 6.45) is 12.5. The summed E-state index contributed by atoms with van der Waals surface area (Å²) in [4.78, 5) is 0. The van der Waals surface area contributed by atoms with E-state index >= 15 is 0 Å². The second-order valence-electron chi connectivity index (χ2n) is 6.23. The quantitative estimate of drug-likeness (QED) is 0.805. The molecule has 0 radical (unpaired) electrons. The van der Waals surface area contributed by atoms with Crippen molar-refractivity contribution in [1.29, 1.82) is 0 Å². The van der Waals surface area contributed by atoms with Crippen molar-refractivity contribution in [2.45, 2.75) is 77.8 Å². The minimum Gasteiger partial charge on any atom is -0.308 e. The fourth-order valence-corrected chi connectivity index (χ4v) is 3.80. The maximum absolute atomic E-state index is 6.47. The molecule has 0 spiro atoms. The van der Waals surface area contributed by atoms with Crippen LogP contribution in [0.3, 0.4) is 0 Å². The molecule has 1 aromatic heterocycles. The first-order chi connectivity index (χ1) is 10.3. The molecule has 120 valence electrons. The first-order valence-electron chi connectivity index (χ1n) is 8.72. The standard InChI is InChI=1S/C17H30ClN3/c1-3-12-19-16(14-10-8-6-5-7-9-11-14)17-15(18)13-20-21(17)4-2/h13-14,16,19H,3-12H2,1-2H3. The molecular weight excluding hydrogens is 282 g/mol. The molecular formula is C17H30ClN3. The van der Waals surface area contributed by atoms with E-state index in [1.807, 2.05) is 6.20 Å². The number of halogens is 1. The Bertz CT molecular complexity index is 408. The topological polar surface area (TPSA) is 29.9 Å². The molecule has 3 nitrogen and oxygen atoms in total. The van der Waals surface area contributed by atoms with E-state index in [0.29, 0.717) is 12.0 Å². The Hall–Kier alpha value is -0.540. The van der Waals surface area contributed by atoms with Crippen LogP contribution in [0, 0.1) is 5.92 Å². The van der Waals surface area contributed by atoms with E-state index in [1.165, 1.54) is 50.6 Å². The highest BCUT2D eigenvalue weighted by Gasteiger charge is 2.28. The maximum Gasteiger partial charge on any atom is 0.0834 e. The van der Waals surface area contributed by atoms with Gasteiger partial charge < -0.3 is 5.32 Å². The second kappa shape index (κ2) is 8.79. The number of rotatable bonds is 6. The lowest BCUT2D eigenvalue weighted by molar-refractivity contribution is 0.277. The smallest absolute Gasteiger partial charge is 0.0834 e. The van der Waals surface area contributed by atoms with Crippen LogP contribution in [0.15, 0.2) is 6.20 Å². The highest BCUT2D eigenvalue weighted by atomic mass is 35.5. The molecule has 0 aliphatic heterocycles. The fraction of sp³-hybridized carbons (Fsp3) is 0.824. The van der Waals surface area contributed by atoms with E-state index in [0.717, 1.165) is 24.5 Å². The molecule has 2 rings (SSSR count). The summed E-state index contributed by atoms with van der Waals surface area (Å²) in [5, 5.41) is 9.03. The number of nitrogens with one attached hydrogen (secondary N) is 1. The van der Waals surface area contributed by atoms with Gasteiger partial charge in [0, 0.05) is 6.54 Å². The van der Waals surface area contributed by atoms with Gasteiger partial charge in [-0.3, -0.25) is 4.68 Å². The SMILES string of the molecule is CCCNC(c1c(Cl)cnn1CC)C1CCCCCCC1. The molecule has 4 heteroatoms. The summed E-state index contributed by atoms with van der Waals surface area (Å²) < 4.78 is 2.08. The lowest BCUT2D eigenvalue weighted by Gasteiger charge is -2.30. The minimum atomic E-state index is 0.359. The zero-order chi connectivity index (χ0) is 15.1. The zero-order valence-electron chi connectivity index (χ0n) is 13.6. The van der Waals surface area contributed by atoms with Crippen molar-refractivity contribution in [3.63, 3.8) is 0 Å². The van der Waals surface area contributed by atoms with E-state index in [9.17, 15) is 0 Å². The van der Waals surface area contributed by atoms with Crippen LogP contribution in [0.1, 0.15) is 76.9 Å². The Morgan fingerprint density at radius 3 is 2.52 bits per heavy atom. The van der Waals surface area contributed by atoms with Crippen LogP contribution in [0.4, 0.5) is 0 Å². The van der Waals surface area contributed by atoms with E-state index in [4.69, 9.17) is 11.6 Å². The van der Waals surface area contributed by atoms with Crippen LogP contribution in [0.2, 0.25) is 5.02 Å². The lowest BCUT2D eigenvalue weighted by atomic mass is 9.84. The highest BCUT2D eigenvalue weighted by molar-refractivity contribution is 6.31. The fourth-order valence-electron chi connectivity index (χ4n) is 3.54. The average molecular weight is 312 g/mol. The van der Waals surface area contributed by atoms with Crippen LogP contribution in [0.25, 0.3) is 0 Å². The monoisotopic (exact) mass is 311 g/mol. The first-order valence-corrected chi connectivity index (χ1v) is 9.10. The number of hydrogen-bond acceptors (Lipinski definition) is 2. The molecule has 21 heavy (non-hydrogen) atoms. The Morgan fingerprint density at radius 1 is 1.24 bits per heavy atom. The van der Waals surface area contributed by atoms with Crippen molar-refractivity contribution in [1.82, 2.24) is 15.1 Å². The summed E-state index contributed by atoms with van der Waals surface area (Å²) in [6, 6.07) is 0.359. The molecule has 1 fully saturated rings. The third-order valence-electron chi connectivity index (χ3n) is 4.66. The van der Waals surface area contributed by atoms with Gasteiger partial charge in [0.15, 0.2) is 0 Å². The summed E-state index contributed by atoms with van der Waals surface area (Å²) in [7, 11) is 0. The Morgan fingerprint density at radius 2 is 1.90 bits per heavy atom. The molecule has 1 heterocycles. The van der Waals surface area contributed by atoms with Gasteiger partial charge in [0.1, 0.15) is 0 Å². The number of hydrogen-bond donors (Lipinski definition) is 1. The van der Waals surface area contributed by atoms with E-state index in [-0.39, 0.29) is 0 Å². The Labute approximate surface area is 134 Å². The predicted molar refractivity (Wildman–Crippen MR) is 89.8 cm³/mol. The highest BCUT2D eigenvalue weighted by Crippen LogP contribution is 2.35. The van der Waals surface area contributed by atoms with Gasteiger partial charge in [-0.05, 0) is 38.6 Å². The zero-order valence-corrected chi connectivity index (χ0v) is 14.3. The number of nitrogens with zero attached hydrogens (tertiary/aromatic N) is 2. The molecule has 1 aliphatic rings. The van der Waals surface area contributed by atoms with Gasteiger partial charge in [-0.25, -0.2) is 0 Å². The molecule has 1 N–H and O–H groups in total. The predicted octanol–water partition coefficient (Wildman–Crippen LogP) is 4.96. The molecule has 0 aromatic carbocycles. The van der Waals surface area contributed by atoms with Gasteiger partial charge >= 0.3 is 0 Å². The van der Waals surface area contributed by atoms with Crippen LogP contribution in [0.5, 0.6) is 0 Å². The van der Waals surface area contributed by atoms with Crippen molar-refractivity contribution in [3.8, 4) is 0 Å². The van der Waals surface area contributed by atoms with Crippen LogP contribution in [-0.4, -0.2) is 16.3 Å². The van der Waals surface area contributed by atoms with Crippen LogP contribution in [-0.2, 0) is 6.54 Å². The Balaban J connectivity index is 2.21. The molecule has 0 bridgehead atoms. The maximum atomic E-state index is 6.47. The second-order valence-corrected chi connectivity index (χ2v) is 6.64. The van der Waals surface area contributed by atoms with Crippen LogP contribution < -0.4 is 5.32 Å². The molecule has 0 saturated heterocycles. The normalized spacial score (nSPS) is 19.2. The third kappa shape index (κ3) is 4.46. The molecule has 1 unspecified atom stereocenters. The summed E-state index contributed by atoms with van der Waals surface area (Å²) in [6.45, 7) is 6.30. The van der Waals surface area contributed by atoms with Gasteiger partial charge in [0.2, 0.25) is 0 Å². The number of aryl methyl sites for hydroxylation is 1. The summed E-state index contributed by atoms with van der Waals surface area (Å²) in [5.41, 5.74) is 1.21. The summed E-state index contributed by atoms with van der Waals surface area (Å²) in [5.74, 6) is 0.691. The third-order valence-corrected chi connectivity index (χ3v) is 4.95. The van der Waals surface area contributed by atoms with Gasteiger partial charge in [-0.2, -0.15) is 5.10 Å². The molecule has 0 amide bonds. The van der Waals surface area contributed by atoms with Gasteiger partial charge in [-0.1, -0.05) is 50.6 Å². The van der Waals surface area contributed by atoms with Crippen molar-refractivity contribution < 1.29 is 0 Å². The molecule has 1 aromatic rings.